The second kappa shape index (κ2) is 4.01. The Kier molecular flexibility index (Phi) is 2.47. The molecule has 0 saturated heterocycles. The van der Waals surface area contributed by atoms with Gasteiger partial charge in [-0.25, -0.2) is 0 Å². The van der Waals surface area contributed by atoms with Gasteiger partial charge in [0.2, 0.25) is 0 Å². The molecule has 2 aromatic heterocycles. The molecule has 2 aromatic rings. The minimum Gasteiger partial charge on any atom is -0.481 e. The number of hydrogen-bond acceptors (Lipinski definition) is 3. The summed E-state index contributed by atoms with van der Waals surface area (Å²) < 4.78 is 7.54. The van der Waals surface area contributed by atoms with Gasteiger partial charge in [-0.05, 0) is 31.9 Å². The maximum absolute atomic E-state index is 10.9. The van der Waals surface area contributed by atoms with Crippen LogP contribution in [-0.2, 0) is 24.2 Å². The maximum Gasteiger partial charge on any atom is 0.309 e. The Hall–Kier alpha value is -2.04. The number of aromatic nitrogens is 2. The molecule has 3 rings (SSSR count). The van der Waals surface area contributed by atoms with E-state index in [2.05, 4.69) is 5.10 Å². The molecule has 0 aromatic carbocycles. The van der Waals surface area contributed by atoms with Gasteiger partial charge in [0.05, 0.1) is 17.7 Å². The third-order valence-electron chi connectivity index (χ3n) is 3.22. The maximum atomic E-state index is 10.9. The van der Waals surface area contributed by atoms with E-state index >= 15 is 0 Å². The summed E-state index contributed by atoms with van der Waals surface area (Å²) in [6, 6.07) is 3.77. The average molecular weight is 246 g/mol. The van der Waals surface area contributed by atoms with Crippen LogP contribution in [0.5, 0.6) is 0 Å². The van der Waals surface area contributed by atoms with Crippen molar-refractivity contribution in [1.29, 1.82) is 0 Å². The van der Waals surface area contributed by atoms with Crippen molar-refractivity contribution < 1.29 is 14.3 Å². The lowest BCUT2D eigenvalue weighted by atomic mass is 10.1. The number of aryl methyl sites for hydroxylation is 2. The number of nitrogens with zero attached hydrogens (tertiary/aromatic N) is 2. The minimum absolute atomic E-state index is 0.0604. The number of carboxylic acids is 1. The van der Waals surface area contributed by atoms with E-state index in [1.54, 1.807) is 0 Å². The van der Waals surface area contributed by atoms with E-state index in [1.165, 1.54) is 0 Å². The number of rotatable bonds is 3. The quantitative estimate of drug-likeness (QED) is 0.899. The number of fused-ring (bicyclic) bond motifs is 1. The van der Waals surface area contributed by atoms with Crippen molar-refractivity contribution in [3.05, 3.63) is 29.3 Å². The molecule has 0 unspecified atom stereocenters. The van der Waals surface area contributed by atoms with Crippen LogP contribution in [0.25, 0.3) is 11.3 Å². The van der Waals surface area contributed by atoms with Gasteiger partial charge in [-0.15, -0.1) is 0 Å². The molecule has 3 heterocycles. The number of furan rings is 1. The number of hydrogen-bond donors (Lipinski definition) is 1. The molecule has 0 radical (unpaired) electrons. The Bertz CT molecular complexity index is 610. The fourth-order valence-electron chi connectivity index (χ4n) is 2.51. The summed E-state index contributed by atoms with van der Waals surface area (Å²) >= 11 is 0. The number of carbonyl (C=O) groups is 1. The van der Waals surface area contributed by atoms with Gasteiger partial charge in [0.1, 0.15) is 11.5 Å². The van der Waals surface area contributed by atoms with Crippen molar-refractivity contribution in [3.8, 4) is 11.3 Å². The molecule has 0 aliphatic carbocycles. The van der Waals surface area contributed by atoms with Crippen LogP contribution in [0.2, 0.25) is 0 Å². The summed E-state index contributed by atoms with van der Waals surface area (Å²) in [5.74, 6) is 0.687. The van der Waals surface area contributed by atoms with Crippen LogP contribution in [-0.4, -0.2) is 20.9 Å². The minimum atomic E-state index is -0.865. The monoisotopic (exact) mass is 246 g/mol. The highest BCUT2D eigenvalue weighted by atomic mass is 16.4. The molecule has 0 fully saturated rings. The molecular formula is C13H14N2O3. The second-order valence-corrected chi connectivity index (χ2v) is 4.58. The van der Waals surface area contributed by atoms with Crippen LogP contribution in [0.3, 0.4) is 0 Å². The van der Waals surface area contributed by atoms with Gasteiger partial charge in [-0.3, -0.25) is 9.48 Å². The summed E-state index contributed by atoms with van der Waals surface area (Å²) in [6.07, 6.45) is 1.93. The zero-order valence-electron chi connectivity index (χ0n) is 10.1. The molecule has 1 N–H and O–H groups in total. The van der Waals surface area contributed by atoms with Crippen molar-refractivity contribution in [3.63, 3.8) is 0 Å². The van der Waals surface area contributed by atoms with Gasteiger partial charge in [0, 0.05) is 12.2 Å². The third-order valence-corrected chi connectivity index (χ3v) is 3.22. The summed E-state index contributed by atoms with van der Waals surface area (Å²) in [5, 5.41) is 13.3. The highest BCUT2D eigenvalue weighted by Crippen LogP contribution is 2.33. The molecule has 1 aliphatic heterocycles. The standard InChI is InChI=1S/C13H14N2O3/c1-8-4-5-11(18-8)13-9(7-12(16)17)14-15-6-2-3-10(13)15/h4-5H,2-3,6-7H2,1H3,(H,16,17). The largest absolute Gasteiger partial charge is 0.481 e. The molecule has 94 valence electrons. The molecule has 0 atom stereocenters. The number of aliphatic carboxylic acids is 1. The molecule has 5 heteroatoms. The first kappa shape index (κ1) is 11.1. The zero-order chi connectivity index (χ0) is 12.7. The lowest BCUT2D eigenvalue weighted by Crippen LogP contribution is -2.03. The van der Waals surface area contributed by atoms with Gasteiger partial charge < -0.3 is 9.52 Å². The summed E-state index contributed by atoms with van der Waals surface area (Å²) in [5.41, 5.74) is 2.58. The molecule has 0 saturated carbocycles. The van der Waals surface area contributed by atoms with Gasteiger partial charge >= 0.3 is 5.97 Å². The van der Waals surface area contributed by atoms with E-state index in [-0.39, 0.29) is 6.42 Å². The van der Waals surface area contributed by atoms with Crippen molar-refractivity contribution in [1.82, 2.24) is 9.78 Å². The second-order valence-electron chi connectivity index (χ2n) is 4.58. The van der Waals surface area contributed by atoms with Gasteiger partial charge in [-0.2, -0.15) is 5.10 Å². The molecule has 18 heavy (non-hydrogen) atoms. The number of carboxylic acid groups (broad SMARTS) is 1. The zero-order valence-corrected chi connectivity index (χ0v) is 10.1. The fraction of sp³-hybridized carbons (Fsp3) is 0.385. The van der Waals surface area contributed by atoms with Gasteiger partial charge in [0.15, 0.2) is 0 Å². The molecular weight excluding hydrogens is 232 g/mol. The van der Waals surface area contributed by atoms with Crippen LogP contribution >= 0.6 is 0 Å². The van der Waals surface area contributed by atoms with Crippen molar-refractivity contribution >= 4 is 5.97 Å². The Morgan fingerprint density at radius 3 is 3.06 bits per heavy atom. The highest BCUT2D eigenvalue weighted by Gasteiger charge is 2.25. The fourth-order valence-corrected chi connectivity index (χ4v) is 2.51. The van der Waals surface area contributed by atoms with Crippen LogP contribution in [0.15, 0.2) is 16.5 Å². The normalized spacial score (nSPS) is 13.8. The topological polar surface area (TPSA) is 68.3 Å². The van der Waals surface area contributed by atoms with E-state index < -0.39 is 5.97 Å². The van der Waals surface area contributed by atoms with Gasteiger partial charge in [-0.1, -0.05) is 0 Å². The smallest absolute Gasteiger partial charge is 0.309 e. The third kappa shape index (κ3) is 1.72. The Labute approximate surface area is 104 Å². The summed E-state index contributed by atoms with van der Waals surface area (Å²) in [4.78, 5) is 10.9. The Morgan fingerprint density at radius 2 is 2.39 bits per heavy atom. The van der Waals surface area contributed by atoms with Crippen LogP contribution in [0, 0.1) is 6.92 Å². The highest BCUT2D eigenvalue weighted by molar-refractivity contribution is 5.75. The molecule has 0 amide bonds. The summed E-state index contributed by atoms with van der Waals surface area (Å²) in [6.45, 7) is 2.74. The predicted octanol–water partition coefficient (Wildman–Crippen LogP) is 2.02. The molecule has 5 nitrogen and oxygen atoms in total. The Balaban J connectivity index is 2.13. The molecule has 1 aliphatic rings. The van der Waals surface area contributed by atoms with Crippen LogP contribution in [0.4, 0.5) is 0 Å². The average Bonchev–Trinajstić information content (AvgIpc) is 2.92. The lowest BCUT2D eigenvalue weighted by Gasteiger charge is -1.99. The Morgan fingerprint density at radius 1 is 1.56 bits per heavy atom. The first-order chi connectivity index (χ1) is 8.65. The van der Waals surface area contributed by atoms with E-state index in [0.717, 1.165) is 42.2 Å². The van der Waals surface area contributed by atoms with Crippen molar-refractivity contribution in [2.45, 2.75) is 32.7 Å². The molecule has 0 bridgehead atoms. The SMILES string of the molecule is Cc1ccc(-c2c(CC(=O)O)nn3c2CCC3)o1. The van der Waals surface area contributed by atoms with E-state index in [4.69, 9.17) is 9.52 Å². The van der Waals surface area contributed by atoms with E-state index in [0.29, 0.717) is 5.69 Å². The van der Waals surface area contributed by atoms with E-state index in [9.17, 15) is 4.79 Å². The van der Waals surface area contributed by atoms with Crippen molar-refractivity contribution in [2.24, 2.45) is 0 Å². The lowest BCUT2D eigenvalue weighted by molar-refractivity contribution is -0.136. The van der Waals surface area contributed by atoms with Crippen LogP contribution < -0.4 is 0 Å². The van der Waals surface area contributed by atoms with Gasteiger partial charge in [0.25, 0.3) is 0 Å². The predicted molar refractivity (Wildman–Crippen MR) is 64.3 cm³/mol. The van der Waals surface area contributed by atoms with E-state index in [1.807, 2.05) is 23.7 Å². The van der Waals surface area contributed by atoms with Crippen molar-refractivity contribution in [2.75, 3.05) is 0 Å². The summed E-state index contributed by atoms with van der Waals surface area (Å²) in [7, 11) is 0. The first-order valence-electron chi connectivity index (χ1n) is 6.02. The van der Waals surface area contributed by atoms with Crippen LogP contribution in [0.1, 0.15) is 23.6 Å². The first-order valence-corrected chi connectivity index (χ1v) is 6.02. The molecule has 0 spiro atoms.